The Bertz CT molecular complexity index is 706. The number of hydrogen-bond donors (Lipinski definition) is 2. The van der Waals surface area contributed by atoms with E-state index in [-0.39, 0.29) is 6.10 Å². The van der Waals surface area contributed by atoms with E-state index in [1.165, 1.54) is 44.1 Å². The van der Waals surface area contributed by atoms with Gasteiger partial charge in [0.25, 0.3) is 0 Å². The summed E-state index contributed by atoms with van der Waals surface area (Å²) in [4.78, 5) is 2.50. The van der Waals surface area contributed by atoms with E-state index in [0.29, 0.717) is 5.41 Å². The summed E-state index contributed by atoms with van der Waals surface area (Å²) in [7, 11) is 0. The van der Waals surface area contributed by atoms with Crippen LogP contribution in [0.25, 0.3) is 0 Å². The van der Waals surface area contributed by atoms with Crippen LogP contribution in [0.2, 0.25) is 0 Å². The maximum absolute atomic E-state index is 10.4. The van der Waals surface area contributed by atoms with Crippen molar-refractivity contribution < 1.29 is 10.2 Å². The molecule has 168 valence electrons. The lowest BCUT2D eigenvalue weighted by Gasteiger charge is -2.43. The Morgan fingerprint density at radius 1 is 1.07 bits per heavy atom. The molecule has 4 fully saturated rings. The van der Waals surface area contributed by atoms with Crippen molar-refractivity contribution in [2.45, 2.75) is 96.2 Å². The molecule has 3 aliphatic carbocycles. The van der Waals surface area contributed by atoms with Crippen LogP contribution in [-0.4, -0.2) is 46.5 Å². The van der Waals surface area contributed by atoms with Crippen LogP contribution in [0.4, 0.5) is 0 Å². The zero-order valence-corrected chi connectivity index (χ0v) is 19.3. The quantitative estimate of drug-likeness (QED) is 0.649. The summed E-state index contributed by atoms with van der Waals surface area (Å²) in [6.45, 7) is 11.8. The number of likely N-dealkylation sites (tertiary alicyclic amines) is 1. The first kappa shape index (κ1) is 22.3. The first-order valence-electron chi connectivity index (χ1n) is 12.5. The molecule has 0 spiro atoms. The summed E-state index contributed by atoms with van der Waals surface area (Å²) >= 11 is 0. The normalized spacial score (nSPS) is 43.3. The molecule has 0 aromatic rings. The van der Waals surface area contributed by atoms with Crippen LogP contribution in [0, 0.1) is 17.3 Å². The molecular formula is C27H43NO2. The molecule has 30 heavy (non-hydrogen) atoms. The molecule has 0 bridgehead atoms. The van der Waals surface area contributed by atoms with Crippen molar-refractivity contribution in [3.8, 4) is 0 Å². The molecule has 2 N–H and O–H groups in total. The van der Waals surface area contributed by atoms with E-state index >= 15 is 0 Å². The number of nitrogens with zero attached hydrogens (tertiary/aromatic N) is 1. The van der Waals surface area contributed by atoms with E-state index in [4.69, 9.17) is 0 Å². The zero-order valence-electron chi connectivity index (χ0n) is 19.3. The summed E-state index contributed by atoms with van der Waals surface area (Å²) in [5.74, 6) is 1.52. The van der Waals surface area contributed by atoms with Gasteiger partial charge in [0.2, 0.25) is 0 Å². The predicted octanol–water partition coefficient (Wildman–Crippen LogP) is 5.39. The van der Waals surface area contributed by atoms with E-state index in [9.17, 15) is 10.2 Å². The van der Waals surface area contributed by atoms with Crippen molar-refractivity contribution in [3.63, 3.8) is 0 Å². The molecule has 0 aromatic heterocycles. The molecule has 1 heterocycles. The second-order valence-electron chi connectivity index (χ2n) is 11.2. The lowest BCUT2D eigenvalue weighted by molar-refractivity contribution is -0.0189. The number of β-amino-alcohol motifs (C(OH)–C–C–N with tert-alkyl or cyclic N) is 1. The number of allylic oxidation sites excluding steroid dienone is 3. The van der Waals surface area contributed by atoms with Crippen molar-refractivity contribution in [1.82, 2.24) is 4.90 Å². The van der Waals surface area contributed by atoms with Gasteiger partial charge in [-0.05, 0) is 119 Å². The second-order valence-corrected chi connectivity index (χ2v) is 11.2. The standard InChI is InChI=1S/C27H43NO2/c1-20-21(7-4-9-25(20)29)10-11-22-8-5-16-27(3)23(12-13-24(22)27)14-18-28-17-6-15-26(2,30)19-28/h10-11,23-25,29-30H,1,4-9,12-19H2,2-3H3/b21-10-,22-11+. The van der Waals surface area contributed by atoms with Gasteiger partial charge >= 0.3 is 0 Å². The predicted molar refractivity (Wildman–Crippen MR) is 124 cm³/mol. The van der Waals surface area contributed by atoms with Gasteiger partial charge in [-0.2, -0.15) is 0 Å². The topological polar surface area (TPSA) is 43.7 Å². The Balaban J connectivity index is 1.41. The number of aliphatic hydroxyl groups excluding tert-OH is 1. The van der Waals surface area contributed by atoms with Crippen LogP contribution in [-0.2, 0) is 0 Å². The van der Waals surface area contributed by atoms with Crippen LogP contribution in [0.5, 0.6) is 0 Å². The molecule has 0 amide bonds. The van der Waals surface area contributed by atoms with E-state index in [1.807, 2.05) is 6.92 Å². The van der Waals surface area contributed by atoms with E-state index in [2.05, 4.69) is 30.6 Å². The Labute approximate surface area is 183 Å². The molecule has 1 saturated heterocycles. The second kappa shape index (κ2) is 8.92. The highest BCUT2D eigenvalue weighted by atomic mass is 16.3. The molecule has 4 aliphatic rings. The summed E-state index contributed by atoms with van der Waals surface area (Å²) in [5, 5.41) is 20.6. The van der Waals surface area contributed by atoms with Gasteiger partial charge in [0, 0.05) is 6.54 Å². The van der Waals surface area contributed by atoms with E-state index < -0.39 is 5.60 Å². The van der Waals surface area contributed by atoms with Crippen LogP contribution in [0.15, 0.2) is 35.5 Å². The first-order chi connectivity index (χ1) is 14.3. The minimum Gasteiger partial charge on any atom is -0.389 e. The molecule has 0 aromatic carbocycles. The smallest absolute Gasteiger partial charge is 0.0787 e. The van der Waals surface area contributed by atoms with Gasteiger partial charge in [0.15, 0.2) is 0 Å². The van der Waals surface area contributed by atoms with Gasteiger partial charge in [-0.1, -0.05) is 31.2 Å². The molecule has 0 radical (unpaired) electrons. The first-order valence-corrected chi connectivity index (χ1v) is 12.5. The lowest BCUT2D eigenvalue weighted by atomic mass is 9.63. The highest BCUT2D eigenvalue weighted by Gasteiger charge is 2.48. The fourth-order valence-corrected chi connectivity index (χ4v) is 7.11. The monoisotopic (exact) mass is 413 g/mol. The number of aliphatic hydroxyl groups is 2. The van der Waals surface area contributed by atoms with Crippen molar-refractivity contribution >= 4 is 0 Å². The molecule has 5 unspecified atom stereocenters. The van der Waals surface area contributed by atoms with E-state index in [1.54, 1.807) is 5.57 Å². The average Bonchev–Trinajstić information content (AvgIpc) is 3.03. The maximum atomic E-state index is 10.4. The molecule has 5 atom stereocenters. The molecule has 3 nitrogen and oxygen atoms in total. The molecule has 4 rings (SSSR count). The van der Waals surface area contributed by atoms with Crippen LogP contribution in [0.3, 0.4) is 0 Å². The number of fused-ring (bicyclic) bond motifs is 1. The summed E-state index contributed by atoms with van der Waals surface area (Å²) in [6.07, 6.45) is 17.3. The summed E-state index contributed by atoms with van der Waals surface area (Å²) in [6, 6.07) is 0. The van der Waals surface area contributed by atoms with Gasteiger partial charge in [0.05, 0.1) is 11.7 Å². The molecule has 1 aliphatic heterocycles. The minimum atomic E-state index is -0.495. The van der Waals surface area contributed by atoms with Gasteiger partial charge < -0.3 is 15.1 Å². The summed E-state index contributed by atoms with van der Waals surface area (Å²) < 4.78 is 0. The average molecular weight is 414 g/mol. The van der Waals surface area contributed by atoms with Crippen molar-refractivity contribution in [3.05, 3.63) is 35.5 Å². The third-order valence-electron chi connectivity index (χ3n) is 8.95. The van der Waals surface area contributed by atoms with Crippen molar-refractivity contribution in [2.75, 3.05) is 19.6 Å². The highest BCUT2D eigenvalue weighted by molar-refractivity contribution is 5.37. The van der Waals surface area contributed by atoms with Gasteiger partial charge in [0.1, 0.15) is 0 Å². The van der Waals surface area contributed by atoms with Gasteiger partial charge in [-0.25, -0.2) is 0 Å². The fourth-order valence-electron chi connectivity index (χ4n) is 7.11. The van der Waals surface area contributed by atoms with Crippen LogP contribution < -0.4 is 0 Å². The van der Waals surface area contributed by atoms with Crippen molar-refractivity contribution in [2.24, 2.45) is 17.3 Å². The Morgan fingerprint density at radius 2 is 1.90 bits per heavy atom. The SMILES string of the molecule is C=C1/C(=C\C=C2/CCCC3(C)C(CCN4CCCC(C)(O)C4)CCC23)CCCC1O. The number of rotatable bonds is 4. The minimum absolute atomic E-state index is 0.341. The third-order valence-corrected chi connectivity index (χ3v) is 8.95. The summed E-state index contributed by atoms with van der Waals surface area (Å²) in [5.41, 5.74) is 3.79. The Kier molecular flexibility index (Phi) is 6.63. The molecule has 3 saturated carbocycles. The Hall–Kier alpha value is -0.900. The van der Waals surface area contributed by atoms with Crippen LogP contribution >= 0.6 is 0 Å². The Morgan fingerprint density at radius 3 is 2.70 bits per heavy atom. The van der Waals surface area contributed by atoms with Crippen molar-refractivity contribution in [1.29, 1.82) is 0 Å². The third kappa shape index (κ3) is 4.64. The van der Waals surface area contributed by atoms with E-state index in [0.717, 1.165) is 69.1 Å². The maximum Gasteiger partial charge on any atom is 0.0787 e. The van der Waals surface area contributed by atoms with Gasteiger partial charge in [-0.15, -0.1) is 0 Å². The highest BCUT2D eigenvalue weighted by Crippen LogP contribution is 2.58. The largest absolute Gasteiger partial charge is 0.389 e. The van der Waals surface area contributed by atoms with Crippen LogP contribution in [0.1, 0.15) is 84.5 Å². The number of hydrogen-bond acceptors (Lipinski definition) is 3. The van der Waals surface area contributed by atoms with Gasteiger partial charge in [-0.3, -0.25) is 0 Å². The molecule has 3 heteroatoms. The lowest BCUT2D eigenvalue weighted by Crippen LogP contribution is -2.47. The zero-order chi connectivity index (χ0) is 21.4. The molecular weight excluding hydrogens is 370 g/mol. The number of piperidine rings is 1. The fraction of sp³-hybridized carbons (Fsp3) is 0.778.